The van der Waals surface area contributed by atoms with Gasteiger partial charge in [0.2, 0.25) is 0 Å². The Morgan fingerprint density at radius 2 is 2.00 bits per heavy atom. The van der Waals surface area contributed by atoms with Gasteiger partial charge in [0.25, 0.3) is 0 Å². The number of benzene rings is 1. The van der Waals surface area contributed by atoms with Gasteiger partial charge in [-0.3, -0.25) is 4.68 Å². The fraction of sp³-hybridized carbons (Fsp3) is 0.250. The van der Waals surface area contributed by atoms with E-state index in [0.29, 0.717) is 27.2 Å². The third-order valence-electron chi connectivity index (χ3n) is 2.68. The molecule has 2 aromatic rings. The molecule has 1 heterocycles. The Morgan fingerprint density at radius 1 is 1.28 bits per heavy atom. The van der Waals surface area contributed by atoms with Crippen molar-refractivity contribution in [3.05, 3.63) is 50.7 Å². The topological polar surface area (TPSA) is 38.0 Å². The number of aromatic nitrogens is 2. The molecule has 0 fully saturated rings. The van der Waals surface area contributed by atoms with Crippen LogP contribution in [-0.4, -0.2) is 14.9 Å². The summed E-state index contributed by atoms with van der Waals surface area (Å²) in [7, 11) is 1.73. The van der Waals surface area contributed by atoms with E-state index in [2.05, 4.69) is 5.10 Å². The van der Waals surface area contributed by atoms with Gasteiger partial charge in [-0.2, -0.15) is 5.10 Å². The Morgan fingerprint density at radius 3 is 2.56 bits per heavy atom. The van der Waals surface area contributed by atoms with E-state index < -0.39 is 6.10 Å². The Balaban J connectivity index is 2.24. The van der Waals surface area contributed by atoms with Crippen LogP contribution in [0.3, 0.4) is 0 Å². The molecule has 0 saturated carbocycles. The lowest BCUT2D eigenvalue weighted by Crippen LogP contribution is -2.08. The van der Waals surface area contributed by atoms with Crippen LogP contribution in [0.15, 0.2) is 24.4 Å². The summed E-state index contributed by atoms with van der Waals surface area (Å²) in [4.78, 5) is 0. The van der Waals surface area contributed by atoms with Crippen LogP contribution in [0.5, 0.6) is 0 Å². The van der Waals surface area contributed by atoms with Crippen molar-refractivity contribution >= 4 is 34.8 Å². The van der Waals surface area contributed by atoms with Crippen molar-refractivity contribution < 1.29 is 5.11 Å². The first-order valence-electron chi connectivity index (χ1n) is 5.28. The second-order valence-electron chi connectivity index (χ2n) is 3.96. The zero-order chi connectivity index (χ0) is 13.3. The highest BCUT2D eigenvalue weighted by Crippen LogP contribution is 2.28. The van der Waals surface area contributed by atoms with Gasteiger partial charge >= 0.3 is 0 Å². The van der Waals surface area contributed by atoms with Crippen molar-refractivity contribution in [2.24, 2.45) is 7.05 Å². The second-order valence-corrected chi connectivity index (χ2v) is 5.21. The molecule has 6 heteroatoms. The highest BCUT2D eigenvalue weighted by molar-refractivity contribution is 6.35. The zero-order valence-electron chi connectivity index (χ0n) is 9.57. The third kappa shape index (κ3) is 2.81. The molecule has 0 aliphatic heterocycles. The van der Waals surface area contributed by atoms with Crippen molar-refractivity contribution in [3.8, 4) is 0 Å². The third-order valence-corrected chi connectivity index (χ3v) is 3.56. The Labute approximate surface area is 120 Å². The van der Waals surface area contributed by atoms with Crippen LogP contribution in [-0.2, 0) is 13.5 Å². The summed E-state index contributed by atoms with van der Waals surface area (Å²) in [6.07, 6.45) is 1.10. The van der Waals surface area contributed by atoms with Crippen LogP contribution in [0.1, 0.15) is 17.4 Å². The van der Waals surface area contributed by atoms with E-state index in [9.17, 15) is 5.11 Å². The minimum absolute atomic E-state index is 0.356. The number of halogens is 3. The summed E-state index contributed by atoms with van der Waals surface area (Å²) >= 11 is 17.9. The second kappa shape index (κ2) is 5.49. The molecular formula is C12H11Cl3N2O. The smallest absolute Gasteiger partial charge is 0.101 e. The van der Waals surface area contributed by atoms with Crippen molar-refractivity contribution in [2.75, 3.05) is 0 Å². The van der Waals surface area contributed by atoms with E-state index in [1.807, 2.05) is 0 Å². The molecule has 0 spiro atoms. The minimum Gasteiger partial charge on any atom is -0.386 e. The minimum atomic E-state index is -0.760. The summed E-state index contributed by atoms with van der Waals surface area (Å²) < 4.78 is 1.55. The number of aliphatic hydroxyl groups is 1. The van der Waals surface area contributed by atoms with Crippen molar-refractivity contribution in [2.45, 2.75) is 12.5 Å². The number of hydrogen-bond acceptors (Lipinski definition) is 2. The monoisotopic (exact) mass is 304 g/mol. The Bertz CT molecular complexity index is 549. The van der Waals surface area contributed by atoms with Crippen LogP contribution >= 0.6 is 34.8 Å². The normalized spacial score (nSPS) is 12.7. The van der Waals surface area contributed by atoms with Crippen molar-refractivity contribution in [1.82, 2.24) is 9.78 Å². The molecule has 1 N–H and O–H groups in total. The molecule has 0 bridgehead atoms. The average molecular weight is 306 g/mol. The van der Waals surface area contributed by atoms with E-state index in [4.69, 9.17) is 34.8 Å². The van der Waals surface area contributed by atoms with Crippen LogP contribution < -0.4 is 0 Å². The molecule has 1 atom stereocenters. The molecular weight excluding hydrogens is 295 g/mol. The lowest BCUT2D eigenvalue weighted by atomic mass is 10.1. The number of rotatable bonds is 3. The fourth-order valence-electron chi connectivity index (χ4n) is 1.79. The van der Waals surface area contributed by atoms with Gasteiger partial charge in [-0.15, -0.1) is 0 Å². The van der Waals surface area contributed by atoms with E-state index in [0.717, 1.165) is 5.56 Å². The van der Waals surface area contributed by atoms with Crippen molar-refractivity contribution in [3.63, 3.8) is 0 Å². The molecule has 1 aromatic carbocycles. The largest absolute Gasteiger partial charge is 0.386 e. The summed E-state index contributed by atoms with van der Waals surface area (Å²) in [6, 6.07) is 5.18. The molecule has 0 amide bonds. The molecule has 1 aromatic heterocycles. The summed E-state index contributed by atoms with van der Waals surface area (Å²) in [5.74, 6) is 0. The molecule has 96 valence electrons. The van der Waals surface area contributed by atoms with Gasteiger partial charge in [0.15, 0.2) is 0 Å². The van der Waals surface area contributed by atoms with Gasteiger partial charge in [0.1, 0.15) is 6.10 Å². The van der Waals surface area contributed by atoms with Gasteiger partial charge in [-0.1, -0.05) is 40.9 Å². The number of aliphatic hydroxyl groups excluding tert-OH is 1. The highest BCUT2D eigenvalue weighted by Gasteiger charge is 2.18. The van der Waals surface area contributed by atoms with Crippen LogP contribution in [0, 0.1) is 0 Å². The maximum absolute atomic E-state index is 10.2. The molecule has 2 rings (SSSR count). The SMILES string of the molecule is Cn1ncc(Cl)c1C(O)Cc1ccc(Cl)cc1Cl. The molecule has 0 aliphatic rings. The average Bonchev–Trinajstić information content (AvgIpc) is 2.62. The lowest BCUT2D eigenvalue weighted by molar-refractivity contribution is 0.168. The molecule has 0 aliphatic carbocycles. The Kier molecular flexibility index (Phi) is 4.17. The number of hydrogen-bond donors (Lipinski definition) is 1. The van der Waals surface area contributed by atoms with E-state index >= 15 is 0 Å². The van der Waals surface area contributed by atoms with Gasteiger partial charge in [-0.25, -0.2) is 0 Å². The van der Waals surface area contributed by atoms with Gasteiger partial charge in [0.05, 0.1) is 16.9 Å². The lowest BCUT2D eigenvalue weighted by Gasteiger charge is -2.13. The number of aryl methyl sites for hydroxylation is 1. The number of nitrogens with zero attached hydrogens (tertiary/aromatic N) is 2. The molecule has 18 heavy (non-hydrogen) atoms. The summed E-state index contributed by atoms with van der Waals surface area (Å²) in [5.41, 5.74) is 1.38. The van der Waals surface area contributed by atoms with Crippen LogP contribution in [0.4, 0.5) is 0 Å². The standard InChI is InChI=1S/C12H11Cl3N2O/c1-17-12(10(15)6-16-17)11(18)4-7-2-3-8(13)5-9(7)14/h2-3,5-6,11,18H,4H2,1H3. The maximum Gasteiger partial charge on any atom is 0.101 e. The highest BCUT2D eigenvalue weighted by atomic mass is 35.5. The molecule has 0 saturated heterocycles. The predicted molar refractivity (Wildman–Crippen MR) is 73.3 cm³/mol. The van der Waals surface area contributed by atoms with Crippen molar-refractivity contribution in [1.29, 1.82) is 0 Å². The zero-order valence-corrected chi connectivity index (χ0v) is 11.8. The predicted octanol–water partition coefficient (Wildman–Crippen LogP) is 3.66. The van der Waals surface area contributed by atoms with E-state index in [1.165, 1.54) is 6.20 Å². The quantitative estimate of drug-likeness (QED) is 0.940. The first-order valence-corrected chi connectivity index (χ1v) is 6.42. The van der Waals surface area contributed by atoms with Gasteiger partial charge in [0, 0.05) is 23.5 Å². The van der Waals surface area contributed by atoms with Crippen LogP contribution in [0.25, 0.3) is 0 Å². The molecule has 0 radical (unpaired) electrons. The van der Waals surface area contributed by atoms with E-state index in [1.54, 1.807) is 29.9 Å². The molecule has 3 nitrogen and oxygen atoms in total. The first-order chi connectivity index (χ1) is 8.49. The first kappa shape index (κ1) is 13.7. The summed E-state index contributed by atoms with van der Waals surface area (Å²) in [5, 5.41) is 15.7. The Hall–Kier alpha value is -0.740. The van der Waals surface area contributed by atoms with Gasteiger partial charge in [-0.05, 0) is 17.7 Å². The summed E-state index contributed by atoms with van der Waals surface area (Å²) in [6.45, 7) is 0. The van der Waals surface area contributed by atoms with E-state index in [-0.39, 0.29) is 0 Å². The molecule has 1 unspecified atom stereocenters. The fourth-order valence-corrected chi connectivity index (χ4v) is 2.56. The van der Waals surface area contributed by atoms with Crippen LogP contribution in [0.2, 0.25) is 15.1 Å². The maximum atomic E-state index is 10.2. The van der Waals surface area contributed by atoms with Gasteiger partial charge < -0.3 is 5.11 Å².